The van der Waals surface area contributed by atoms with Crippen molar-refractivity contribution < 1.29 is 17.9 Å². The normalized spacial score (nSPS) is 16.1. The summed E-state index contributed by atoms with van der Waals surface area (Å²) < 4.78 is 30.5. The van der Waals surface area contributed by atoms with Gasteiger partial charge in [0.15, 0.2) is 0 Å². The van der Waals surface area contributed by atoms with Crippen molar-refractivity contribution in [3.8, 4) is 0 Å². The van der Waals surface area contributed by atoms with Crippen LogP contribution >= 0.6 is 0 Å². The van der Waals surface area contributed by atoms with Crippen LogP contribution in [0, 0.1) is 0 Å². The lowest BCUT2D eigenvalue weighted by molar-refractivity contribution is -0.121. The molecule has 0 unspecified atom stereocenters. The fourth-order valence-electron chi connectivity index (χ4n) is 2.56. The van der Waals surface area contributed by atoms with Crippen LogP contribution in [0.15, 0.2) is 29.2 Å². The van der Waals surface area contributed by atoms with Crippen molar-refractivity contribution in [3.05, 3.63) is 29.8 Å². The second-order valence-corrected chi connectivity index (χ2v) is 8.39. The molecular formula is C17H27N3O4S. The topological polar surface area (TPSA) is 79.0 Å². The van der Waals surface area contributed by atoms with Crippen LogP contribution in [0.3, 0.4) is 0 Å². The Morgan fingerprint density at radius 2 is 1.84 bits per heavy atom. The highest BCUT2D eigenvalue weighted by Crippen LogP contribution is 2.14. The molecule has 0 saturated carbocycles. The Labute approximate surface area is 150 Å². The Balaban J connectivity index is 1.72. The first kappa shape index (κ1) is 19.8. The predicted octanol–water partition coefficient (Wildman–Crippen LogP) is 0.318. The van der Waals surface area contributed by atoms with E-state index in [2.05, 4.69) is 10.2 Å². The second-order valence-electron chi connectivity index (χ2n) is 6.24. The number of sulfonamides is 1. The van der Waals surface area contributed by atoms with E-state index in [1.807, 2.05) is 0 Å². The van der Waals surface area contributed by atoms with Crippen molar-refractivity contribution in [2.75, 3.05) is 53.5 Å². The average Bonchev–Trinajstić information content (AvgIpc) is 2.61. The van der Waals surface area contributed by atoms with Gasteiger partial charge in [-0.15, -0.1) is 0 Å². The average molecular weight is 369 g/mol. The first-order chi connectivity index (χ1) is 11.9. The maximum atomic E-state index is 12.0. The third kappa shape index (κ3) is 6.07. The highest BCUT2D eigenvalue weighted by atomic mass is 32.2. The number of benzene rings is 1. The van der Waals surface area contributed by atoms with E-state index in [0.717, 1.165) is 38.4 Å². The summed E-state index contributed by atoms with van der Waals surface area (Å²) >= 11 is 0. The lowest BCUT2D eigenvalue weighted by atomic mass is 10.1. The van der Waals surface area contributed by atoms with E-state index in [-0.39, 0.29) is 10.8 Å². The third-order valence-corrected chi connectivity index (χ3v) is 6.03. The number of morpholine rings is 1. The van der Waals surface area contributed by atoms with Crippen molar-refractivity contribution in [2.24, 2.45) is 0 Å². The van der Waals surface area contributed by atoms with Gasteiger partial charge in [-0.05, 0) is 24.1 Å². The SMILES string of the molecule is CN(C)S(=O)(=O)c1ccc(CCC(=O)NCCN2CCOCC2)cc1. The zero-order valence-electron chi connectivity index (χ0n) is 14.9. The van der Waals surface area contributed by atoms with Crippen molar-refractivity contribution in [3.63, 3.8) is 0 Å². The number of amides is 1. The molecule has 140 valence electrons. The minimum atomic E-state index is -3.41. The standard InChI is InChI=1S/C17H27N3O4S/c1-19(2)25(22,23)16-6-3-15(4-7-16)5-8-17(21)18-9-10-20-11-13-24-14-12-20/h3-4,6-7H,5,8-14H2,1-2H3,(H,18,21). The monoisotopic (exact) mass is 369 g/mol. The number of aryl methyl sites for hydroxylation is 1. The van der Waals surface area contributed by atoms with Gasteiger partial charge in [-0.1, -0.05) is 12.1 Å². The van der Waals surface area contributed by atoms with Crippen molar-refractivity contribution >= 4 is 15.9 Å². The van der Waals surface area contributed by atoms with Gasteiger partial charge in [-0.25, -0.2) is 12.7 Å². The molecule has 1 aliphatic heterocycles. The van der Waals surface area contributed by atoms with Gasteiger partial charge in [0.2, 0.25) is 15.9 Å². The Morgan fingerprint density at radius 3 is 2.44 bits per heavy atom. The van der Waals surface area contributed by atoms with Crippen LogP contribution in [-0.4, -0.2) is 77.0 Å². The number of ether oxygens (including phenoxy) is 1. The van der Waals surface area contributed by atoms with E-state index in [9.17, 15) is 13.2 Å². The van der Waals surface area contributed by atoms with Gasteiger partial charge in [-0.2, -0.15) is 0 Å². The maximum absolute atomic E-state index is 12.0. The summed E-state index contributed by atoms with van der Waals surface area (Å²) in [5.74, 6) is 0.0123. The van der Waals surface area contributed by atoms with Crippen LogP contribution in [-0.2, 0) is 26.0 Å². The molecule has 0 aliphatic carbocycles. The van der Waals surface area contributed by atoms with E-state index in [1.165, 1.54) is 18.4 Å². The first-order valence-corrected chi connectivity index (χ1v) is 9.92. The molecule has 2 rings (SSSR count). The second kappa shape index (κ2) is 9.28. The molecule has 1 saturated heterocycles. The van der Waals surface area contributed by atoms with Crippen LogP contribution in [0.2, 0.25) is 0 Å². The summed E-state index contributed by atoms with van der Waals surface area (Å²) in [4.78, 5) is 14.4. The lowest BCUT2D eigenvalue weighted by Crippen LogP contribution is -2.41. The van der Waals surface area contributed by atoms with Crippen LogP contribution in [0.1, 0.15) is 12.0 Å². The summed E-state index contributed by atoms with van der Waals surface area (Å²) in [6, 6.07) is 6.69. The number of carbonyl (C=O) groups excluding carboxylic acids is 1. The molecule has 1 fully saturated rings. The summed E-state index contributed by atoms with van der Waals surface area (Å²) in [6.45, 7) is 4.82. The van der Waals surface area contributed by atoms with Gasteiger partial charge < -0.3 is 10.1 Å². The zero-order valence-corrected chi connectivity index (χ0v) is 15.7. The van der Waals surface area contributed by atoms with Gasteiger partial charge in [0.25, 0.3) is 0 Å². The molecule has 1 aliphatic rings. The van der Waals surface area contributed by atoms with E-state index >= 15 is 0 Å². The summed E-state index contributed by atoms with van der Waals surface area (Å²) in [7, 11) is -0.398. The van der Waals surface area contributed by atoms with Crippen LogP contribution in [0.4, 0.5) is 0 Å². The van der Waals surface area contributed by atoms with Crippen molar-refractivity contribution in [1.29, 1.82) is 0 Å². The van der Waals surface area contributed by atoms with Gasteiger partial charge in [-0.3, -0.25) is 9.69 Å². The largest absolute Gasteiger partial charge is 0.379 e. The minimum absolute atomic E-state index is 0.0123. The van der Waals surface area contributed by atoms with E-state index in [4.69, 9.17) is 4.74 Å². The molecule has 7 nitrogen and oxygen atoms in total. The lowest BCUT2D eigenvalue weighted by Gasteiger charge is -2.26. The Kier molecular flexibility index (Phi) is 7.37. The number of hydrogen-bond acceptors (Lipinski definition) is 5. The fourth-order valence-corrected chi connectivity index (χ4v) is 3.47. The molecule has 1 aromatic carbocycles. The Morgan fingerprint density at radius 1 is 1.20 bits per heavy atom. The van der Waals surface area contributed by atoms with E-state index in [1.54, 1.807) is 24.3 Å². The van der Waals surface area contributed by atoms with Crippen molar-refractivity contribution in [2.45, 2.75) is 17.7 Å². The molecule has 0 atom stereocenters. The molecule has 8 heteroatoms. The number of nitrogens with zero attached hydrogens (tertiary/aromatic N) is 2. The maximum Gasteiger partial charge on any atom is 0.242 e. The van der Waals surface area contributed by atoms with E-state index in [0.29, 0.717) is 19.4 Å². The van der Waals surface area contributed by atoms with Crippen molar-refractivity contribution in [1.82, 2.24) is 14.5 Å². The molecule has 0 aromatic heterocycles. The molecule has 25 heavy (non-hydrogen) atoms. The first-order valence-electron chi connectivity index (χ1n) is 8.48. The summed E-state index contributed by atoms with van der Waals surface area (Å²) in [6.07, 6.45) is 0.981. The van der Waals surface area contributed by atoms with Gasteiger partial charge in [0.05, 0.1) is 18.1 Å². The zero-order chi connectivity index (χ0) is 18.3. The van der Waals surface area contributed by atoms with Crippen LogP contribution in [0.25, 0.3) is 0 Å². The minimum Gasteiger partial charge on any atom is -0.379 e. The van der Waals surface area contributed by atoms with Crippen LogP contribution in [0.5, 0.6) is 0 Å². The number of hydrogen-bond donors (Lipinski definition) is 1. The Hall–Kier alpha value is -1.48. The quantitative estimate of drug-likeness (QED) is 0.714. The number of rotatable bonds is 8. The number of carbonyl (C=O) groups is 1. The Bertz CT molecular complexity index is 653. The van der Waals surface area contributed by atoms with Crippen LogP contribution < -0.4 is 5.32 Å². The molecule has 1 N–H and O–H groups in total. The fraction of sp³-hybridized carbons (Fsp3) is 0.588. The summed E-state index contributed by atoms with van der Waals surface area (Å²) in [5.41, 5.74) is 0.945. The molecular weight excluding hydrogens is 342 g/mol. The number of nitrogens with one attached hydrogen (secondary N) is 1. The molecule has 0 bridgehead atoms. The molecule has 1 aromatic rings. The highest BCUT2D eigenvalue weighted by molar-refractivity contribution is 7.89. The highest BCUT2D eigenvalue weighted by Gasteiger charge is 2.16. The molecule has 1 amide bonds. The third-order valence-electron chi connectivity index (χ3n) is 4.20. The summed E-state index contributed by atoms with van der Waals surface area (Å²) in [5, 5.41) is 2.93. The predicted molar refractivity (Wildman–Crippen MR) is 95.9 cm³/mol. The van der Waals surface area contributed by atoms with Gasteiger partial charge in [0.1, 0.15) is 0 Å². The van der Waals surface area contributed by atoms with Gasteiger partial charge >= 0.3 is 0 Å². The molecule has 0 spiro atoms. The van der Waals surface area contributed by atoms with E-state index < -0.39 is 10.0 Å². The van der Waals surface area contributed by atoms with Gasteiger partial charge in [0, 0.05) is 46.7 Å². The smallest absolute Gasteiger partial charge is 0.242 e. The molecule has 0 radical (unpaired) electrons. The molecule has 1 heterocycles.